The fraction of sp³-hybridized carbons (Fsp3) is 0.182. The van der Waals surface area contributed by atoms with Crippen LogP contribution in [0.15, 0.2) is 42.5 Å². The van der Waals surface area contributed by atoms with Crippen LogP contribution in [-0.2, 0) is 13.0 Å². The van der Waals surface area contributed by atoms with Crippen molar-refractivity contribution in [1.29, 1.82) is 0 Å². The van der Waals surface area contributed by atoms with Gasteiger partial charge in [0.25, 0.3) is 5.91 Å². The third-order valence-electron chi connectivity index (χ3n) is 5.16. The van der Waals surface area contributed by atoms with Crippen LogP contribution in [0.1, 0.15) is 20.8 Å². The van der Waals surface area contributed by atoms with E-state index in [1.54, 1.807) is 11.3 Å². The smallest absolute Gasteiger partial charge is 0.256 e. The van der Waals surface area contributed by atoms with Crippen molar-refractivity contribution >= 4 is 56.2 Å². The normalized spacial score (nSPS) is 13.6. The predicted octanol–water partition coefficient (Wildman–Crippen LogP) is 5.97. The second kappa shape index (κ2) is 8.63. The summed E-state index contributed by atoms with van der Waals surface area (Å²) in [5, 5.41) is 4.49. The summed E-state index contributed by atoms with van der Waals surface area (Å²) in [5.74, 6) is -2.49. The number of carbonyl (C=O) groups is 1. The van der Waals surface area contributed by atoms with E-state index in [9.17, 15) is 13.6 Å². The van der Waals surface area contributed by atoms with Crippen molar-refractivity contribution in [3.8, 4) is 10.6 Å². The lowest BCUT2D eigenvalue weighted by atomic mass is 10.0. The highest BCUT2D eigenvalue weighted by molar-refractivity contribution is 7.23. The number of amides is 1. The lowest BCUT2D eigenvalue weighted by Gasteiger charge is -2.22. The molecule has 0 radical (unpaired) electrons. The third-order valence-corrected chi connectivity index (χ3v) is 7.35. The third kappa shape index (κ3) is 4.08. The zero-order chi connectivity index (χ0) is 20.8. The number of thiophene rings is 1. The van der Waals surface area contributed by atoms with E-state index in [0.29, 0.717) is 5.00 Å². The first-order chi connectivity index (χ1) is 14.5. The SMILES string of the molecule is CN1CCc2c(sc(NC(=O)c3ccc(F)c(F)c3)c2-c2nc3ccccc3s2)C1.Cl. The van der Waals surface area contributed by atoms with Crippen molar-refractivity contribution in [2.24, 2.45) is 0 Å². The quantitative estimate of drug-likeness (QED) is 0.395. The van der Waals surface area contributed by atoms with E-state index >= 15 is 0 Å². The number of hydrogen-bond donors (Lipinski definition) is 1. The summed E-state index contributed by atoms with van der Waals surface area (Å²) in [5.41, 5.74) is 3.15. The number of aromatic nitrogens is 1. The molecule has 1 N–H and O–H groups in total. The Hall–Kier alpha value is -2.39. The highest BCUT2D eigenvalue weighted by Gasteiger charge is 2.27. The maximum Gasteiger partial charge on any atom is 0.256 e. The average molecular weight is 478 g/mol. The molecule has 2 aromatic heterocycles. The summed E-state index contributed by atoms with van der Waals surface area (Å²) in [4.78, 5) is 21.0. The van der Waals surface area contributed by atoms with E-state index in [4.69, 9.17) is 4.98 Å². The zero-order valence-corrected chi connectivity index (χ0v) is 18.9. The molecule has 0 fully saturated rings. The Balaban J connectivity index is 0.00000231. The van der Waals surface area contributed by atoms with Crippen LogP contribution in [0.5, 0.6) is 0 Å². The van der Waals surface area contributed by atoms with Crippen LogP contribution in [-0.4, -0.2) is 29.4 Å². The van der Waals surface area contributed by atoms with E-state index in [1.165, 1.54) is 27.8 Å². The van der Waals surface area contributed by atoms with Gasteiger partial charge in [-0.1, -0.05) is 12.1 Å². The second-order valence-electron chi connectivity index (χ2n) is 7.27. The number of para-hydroxylation sites is 1. The second-order valence-corrected chi connectivity index (χ2v) is 9.40. The number of rotatable bonds is 3. The number of halogens is 3. The van der Waals surface area contributed by atoms with Crippen LogP contribution >= 0.6 is 35.1 Å². The number of carbonyl (C=O) groups excluding carboxylic acids is 1. The van der Waals surface area contributed by atoms with E-state index in [2.05, 4.69) is 17.3 Å². The van der Waals surface area contributed by atoms with Crippen LogP contribution in [0.25, 0.3) is 20.8 Å². The van der Waals surface area contributed by atoms with Crippen LogP contribution in [0.2, 0.25) is 0 Å². The molecule has 1 amide bonds. The Kier molecular flexibility index (Phi) is 6.07. The van der Waals surface area contributed by atoms with Gasteiger partial charge >= 0.3 is 0 Å². The molecule has 9 heteroatoms. The molecule has 2 aromatic carbocycles. The number of thiazole rings is 1. The number of likely N-dealkylation sites (N-methyl/N-ethyl adjacent to an activating group) is 1. The first-order valence-electron chi connectivity index (χ1n) is 9.45. The topological polar surface area (TPSA) is 45.2 Å². The highest BCUT2D eigenvalue weighted by atomic mass is 35.5. The van der Waals surface area contributed by atoms with Crippen molar-refractivity contribution in [3.05, 3.63) is 70.1 Å². The summed E-state index contributed by atoms with van der Waals surface area (Å²) in [7, 11) is 2.07. The number of benzene rings is 2. The Morgan fingerprint density at radius 3 is 2.71 bits per heavy atom. The van der Waals surface area contributed by atoms with Gasteiger partial charge in [-0.2, -0.15) is 0 Å². The number of hydrogen-bond acceptors (Lipinski definition) is 5. The van der Waals surface area contributed by atoms with Gasteiger partial charge in [0.1, 0.15) is 10.0 Å². The first kappa shape index (κ1) is 21.8. The minimum atomic E-state index is -1.04. The largest absolute Gasteiger partial charge is 0.313 e. The van der Waals surface area contributed by atoms with Crippen molar-refractivity contribution in [1.82, 2.24) is 9.88 Å². The van der Waals surface area contributed by atoms with Crippen molar-refractivity contribution < 1.29 is 13.6 Å². The van der Waals surface area contributed by atoms with Gasteiger partial charge in [0.2, 0.25) is 0 Å². The Morgan fingerprint density at radius 1 is 1.13 bits per heavy atom. The summed E-state index contributed by atoms with van der Waals surface area (Å²) in [6.45, 7) is 1.73. The molecule has 0 spiro atoms. The first-order valence-corrected chi connectivity index (χ1v) is 11.1. The molecular formula is C22H18ClF2N3OS2. The van der Waals surface area contributed by atoms with Gasteiger partial charge in [0, 0.05) is 29.1 Å². The molecule has 160 valence electrons. The van der Waals surface area contributed by atoms with Crippen molar-refractivity contribution in [3.63, 3.8) is 0 Å². The van der Waals surface area contributed by atoms with Crippen molar-refractivity contribution in [2.45, 2.75) is 13.0 Å². The van der Waals surface area contributed by atoms with E-state index in [-0.39, 0.29) is 18.0 Å². The zero-order valence-electron chi connectivity index (χ0n) is 16.4. The molecule has 5 rings (SSSR count). The lowest BCUT2D eigenvalue weighted by molar-refractivity contribution is 0.102. The molecule has 4 nitrogen and oxygen atoms in total. The minimum Gasteiger partial charge on any atom is -0.313 e. The maximum absolute atomic E-state index is 13.6. The van der Waals surface area contributed by atoms with E-state index in [0.717, 1.165) is 52.4 Å². The van der Waals surface area contributed by atoms with Gasteiger partial charge in [0.05, 0.1) is 10.2 Å². The number of fused-ring (bicyclic) bond motifs is 2. The molecule has 31 heavy (non-hydrogen) atoms. The van der Waals surface area contributed by atoms with Crippen molar-refractivity contribution in [2.75, 3.05) is 18.9 Å². The molecule has 4 aromatic rings. The van der Waals surface area contributed by atoms with E-state index in [1.807, 2.05) is 24.3 Å². The van der Waals surface area contributed by atoms with Crippen LogP contribution in [0.4, 0.5) is 13.8 Å². The van der Waals surface area contributed by atoms with Gasteiger partial charge in [0.15, 0.2) is 11.6 Å². The molecule has 1 aliphatic rings. The van der Waals surface area contributed by atoms with Gasteiger partial charge in [-0.25, -0.2) is 13.8 Å². The molecule has 0 atom stereocenters. The molecular weight excluding hydrogens is 460 g/mol. The standard InChI is InChI=1S/C22H17F2N3OS2.ClH/c1-27-9-8-13-18(11-27)30-22(26-20(28)12-6-7-14(23)15(24)10-12)19(13)21-25-16-4-2-3-5-17(16)29-21;/h2-7,10H,8-9,11H2,1H3,(H,26,28);1H. The number of nitrogens with zero attached hydrogens (tertiary/aromatic N) is 2. The molecule has 3 heterocycles. The van der Waals surface area contributed by atoms with Gasteiger partial charge in [-0.3, -0.25) is 4.79 Å². The summed E-state index contributed by atoms with van der Waals surface area (Å²) < 4.78 is 27.9. The molecule has 0 saturated heterocycles. The Morgan fingerprint density at radius 2 is 1.94 bits per heavy atom. The molecule has 0 aliphatic carbocycles. The predicted molar refractivity (Wildman–Crippen MR) is 125 cm³/mol. The number of nitrogens with one attached hydrogen (secondary N) is 1. The molecule has 0 bridgehead atoms. The van der Waals surface area contributed by atoms with Gasteiger partial charge in [-0.15, -0.1) is 35.1 Å². The van der Waals surface area contributed by atoms with Gasteiger partial charge < -0.3 is 10.2 Å². The minimum absolute atomic E-state index is 0. The van der Waals surface area contributed by atoms with Gasteiger partial charge in [-0.05, 0) is 49.4 Å². The molecule has 1 aliphatic heterocycles. The monoisotopic (exact) mass is 477 g/mol. The fourth-order valence-corrected chi connectivity index (χ4v) is 6.07. The molecule has 0 unspecified atom stereocenters. The summed E-state index contributed by atoms with van der Waals surface area (Å²) in [6, 6.07) is 11.1. The van der Waals surface area contributed by atoms with E-state index < -0.39 is 17.5 Å². The lowest BCUT2D eigenvalue weighted by Crippen LogP contribution is -2.25. The molecule has 0 saturated carbocycles. The fourth-order valence-electron chi connectivity index (χ4n) is 3.64. The maximum atomic E-state index is 13.6. The van der Waals surface area contributed by atoms with Crippen LogP contribution in [0.3, 0.4) is 0 Å². The average Bonchev–Trinajstić information content (AvgIpc) is 3.29. The number of anilines is 1. The van der Waals surface area contributed by atoms with Crippen LogP contribution in [0, 0.1) is 11.6 Å². The highest BCUT2D eigenvalue weighted by Crippen LogP contribution is 2.45. The van der Waals surface area contributed by atoms with Crippen LogP contribution < -0.4 is 5.32 Å². The summed E-state index contributed by atoms with van der Waals surface area (Å²) >= 11 is 3.12. The Bertz CT molecular complexity index is 1250. The summed E-state index contributed by atoms with van der Waals surface area (Å²) in [6.07, 6.45) is 0.870. The Labute approximate surface area is 192 Å².